The van der Waals surface area contributed by atoms with Gasteiger partial charge in [0.1, 0.15) is 11.5 Å². The van der Waals surface area contributed by atoms with E-state index in [1.807, 2.05) is 11.9 Å². The lowest BCUT2D eigenvalue weighted by atomic mass is 9.87. The van der Waals surface area contributed by atoms with Gasteiger partial charge in [-0.05, 0) is 45.7 Å². The zero-order valence-electron chi connectivity index (χ0n) is 21.1. The summed E-state index contributed by atoms with van der Waals surface area (Å²) >= 11 is 0. The third-order valence-electron chi connectivity index (χ3n) is 7.17. The highest BCUT2D eigenvalue weighted by Gasteiger charge is 2.37. The number of amides is 1. The normalized spacial score (nSPS) is 18.5. The molecule has 1 N–H and O–H groups in total. The monoisotopic (exact) mass is 543 g/mol. The molecular weight excluding hydrogens is 511 g/mol. The number of halogens is 3. The maximum absolute atomic E-state index is 13.3. The molecule has 4 rings (SSSR count). The third kappa shape index (κ3) is 6.35. The number of nitrogens with one attached hydrogen (secondary N) is 1. The number of sulfonamides is 1. The smallest absolute Gasteiger partial charge is 0.356 e. The summed E-state index contributed by atoms with van der Waals surface area (Å²) in [5, 5.41) is 4.00. The summed E-state index contributed by atoms with van der Waals surface area (Å²) in [4.78, 5) is 22.6. The second kappa shape index (κ2) is 10.1. The number of alkyl halides is 3. The minimum atomic E-state index is -4.50. The Morgan fingerprint density at radius 1 is 1.14 bits per heavy atom. The zero-order valence-corrected chi connectivity index (χ0v) is 21.9. The molecule has 4 heterocycles. The van der Waals surface area contributed by atoms with Crippen LogP contribution in [0.1, 0.15) is 43.9 Å². The molecule has 1 amide bonds. The molecule has 0 unspecified atom stereocenters. The van der Waals surface area contributed by atoms with E-state index in [0.717, 1.165) is 35.4 Å². The molecule has 2 aromatic heterocycles. The van der Waals surface area contributed by atoms with Gasteiger partial charge in [-0.2, -0.15) is 17.9 Å². The van der Waals surface area contributed by atoms with Crippen LogP contribution in [0.2, 0.25) is 0 Å². The first-order chi connectivity index (χ1) is 17.2. The van der Waals surface area contributed by atoms with Crippen LogP contribution in [-0.4, -0.2) is 84.0 Å². The first-order valence-corrected chi connectivity index (χ1v) is 14.0. The van der Waals surface area contributed by atoms with Crippen LogP contribution in [0.25, 0.3) is 0 Å². The van der Waals surface area contributed by atoms with Crippen LogP contribution in [0.4, 0.5) is 29.6 Å². The van der Waals surface area contributed by atoms with Crippen LogP contribution in [0, 0.1) is 0 Å². The molecule has 2 aromatic rings. The van der Waals surface area contributed by atoms with Crippen molar-refractivity contribution in [1.82, 2.24) is 24.6 Å². The second-order valence-electron chi connectivity index (χ2n) is 10.0. The largest absolute Gasteiger partial charge is 0.433 e. The maximum atomic E-state index is 13.3. The molecule has 2 aliphatic rings. The van der Waals surface area contributed by atoms with Gasteiger partial charge in [-0.15, -0.1) is 5.10 Å². The molecule has 0 spiro atoms. The van der Waals surface area contributed by atoms with Crippen molar-refractivity contribution in [2.75, 3.05) is 49.1 Å². The molecule has 2 aliphatic heterocycles. The SMILES string of the molecule is CN(Cc1ccc(C(F)(F)F)nc1N1CCCC1)C1(C)CCN(C(=O)n2ccc(NS(C)(=O)=O)n2)CC1. The first-order valence-electron chi connectivity index (χ1n) is 12.1. The molecule has 0 radical (unpaired) electrons. The Morgan fingerprint density at radius 2 is 1.78 bits per heavy atom. The van der Waals surface area contributed by atoms with Gasteiger partial charge in [-0.1, -0.05) is 6.07 Å². The fourth-order valence-corrected chi connectivity index (χ4v) is 5.28. The molecule has 0 bridgehead atoms. The van der Waals surface area contributed by atoms with Gasteiger partial charge in [-0.3, -0.25) is 9.62 Å². The van der Waals surface area contributed by atoms with Gasteiger partial charge < -0.3 is 9.80 Å². The lowest BCUT2D eigenvalue weighted by Crippen LogP contribution is -2.53. The number of hydrogen-bond donors (Lipinski definition) is 1. The van der Waals surface area contributed by atoms with Gasteiger partial charge in [0.05, 0.1) is 6.26 Å². The molecule has 2 fully saturated rings. The van der Waals surface area contributed by atoms with Crippen LogP contribution in [0.3, 0.4) is 0 Å². The summed E-state index contributed by atoms with van der Waals surface area (Å²) < 4.78 is 66.1. The van der Waals surface area contributed by atoms with Crippen LogP contribution < -0.4 is 9.62 Å². The van der Waals surface area contributed by atoms with Gasteiger partial charge in [0, 0.05) is 56.1 Å². The lowest BCUT2D eigenvalue weighted by Gasteiger charge is -2.45. The van der Waals surface area contributed by atoms with Crippen LogP contribution in [-0.2, 0) is 22.7 Å². The number of aromatic nitrogens is 3. The van der Waals surface area contributed by atoms with E-state index < -0.39 is 21.9 Å². The Kier molecular flexibility index (Phi) is 7.43. The number of rotatable bonds is 6. The van der Waals surface area contributed by atoms with E-state index in [1.54, 1.807) is 4.90 Å². The van der Waals surface area contributed by atoms with Gasteiger partial charge in [0.25, 0.3) is 0 Å². The van der Waals surface area contributed by atoms with E-state index >= 15 is 0 Å². The van der Waals surface area contributed by atoms with Crippen LogP contribution >= 0.6 is 0 Å². The zero-order chi connectivity index (χ0) is 27.0. The first kappa shape index (κ1) is 27.2. The van der Waals surface area contributed by atoms with Crippen molar-refractivity contribution in [1.29, 1.82) is 0 Å². The van der Waals surface area contributed by atoms with E-state index in [9.17, 15) is 26.4 Å². The quantitative estimate of drug-likeness (QED) is 0.597. The highest BCUT2D eigenvalue weighted by Crippen LogP contribution is 2.34. The minimum absolute atomic E-state index is 0.0661. The van der Waals surface area contributed by atoms with Gasteiger partial charge >= 0.3 is 12.2 Å². The van der Waals surface area contributed by atoms with Gasteiger partial charge in [-0.25, -0.2) is 18.2 Å². The molecule has 0 aliphatic carbocycles. The van der Waals surface area contributed by atoms with Crippen molar-refractivity contribution in [3.05, 3.63) is 35.7 Å². The van der Waals surface area contributed by atoms with Crippen molar-refractivity contribution in [3.8, 4) is 0 Å². The van der Waals surface area contributed by atoms with Crippen molar-refractivity contribution >= 4 is 27.7 Å². The Balaban J connectivity index is 1.43. The summed E-state index contributed by atoms with van der Waals surface area (Å²) in [6.45, 7) is 4.81. The molecule has 0 saturated carbocycles. The van der Waals surface area contributed by atoms with Gasteiger partial charge in [0.2, 0.25) is 10.0 Å². The number of anilines is 2. The van der Waals surface area contributed by atoms with Gasteiger partial charge in [0.15, 0.2) is 5.82 Å². The summed E-state index contributed by atoms with van der Waals surface area (Å²) in [7, 11) is -1.56. The standard InChI is InChI=1S/C23H32F3N7O3S/c1-22(9-14-32(15-10-22)21(34)33-13-8-19(28-33)29-37(3,35)36)30(2)16-17-6-7-18(23(24,25)26)27-20(17)31-11-4-5-12-31/h6-8,13H,4-5,9-12,14-16H2,1-3H3,(H,28,29). The number of likely N-dealkylation sites (tertiary alicyclic amines) is 1. The van der Waals surface area contributed by atoms with Crippen LogP contribution in [0.5, 0.6) is 0 Å². The number of nitrogens with zero attached hydrogens (tertiary/aromatic N) is 6. The Bertz CT molecular complexity index is 1230. The molecule has 0 aromatic carbocycles. The van der Waals surface area contributed by atoms with Crippen molar-refractivity contribution in [3.63, 3.8) is 0 Å². The second-order valence-corrected chi connectivity index (χ2v) is 11.8. The number of carbonyl (C=O) groups excluding carboxylic acids is 1. The number of hydrogen-bond acceptors (Lipinski definition) is 7. The molecule has 2 saturated heterocycles. The van der Waals surface area contributed by atoms with E-state index in [-0.39, 0.29) is 17.4 Å². The molecule has 37 heavy (non-hydrogen) atoms. The summed E-state index contributed by atoms with van der Waals surface area (Å²) in [6, 6.07) is 3.64. The summed E-state index contributed by atoms with van der Waals surface area (Å²) in [5.74, 6) is 0.462. The Morgan fingerprint density at radius 3 is 2.38 bits per heavy atom. The predicted octanol–water partition coefficient (Wildman–Crippen LogP) is 3.22. The maximum Gasteiger partial charge on any atom is 0.433 e. The summed E-state index contributed by atoms with van der Waals surface area (Å²) in [6.07, 6.45) is 1.07. The fourth-order valence-electron chi connectivity index (χ4n) is 4.79. The molecule has 204 valence electrons. The topological polar surface area (TPSA) is 104 Å². The molecule has 14 heteroatoms. The Labute approximate surface area is 214 Å². The van der Waals surface area contributed by atoms with E-state index in [4.69, 9.17) is 0 Å². The highest BCUT2D eigenvalue weighted by molar-refractivity contribution is 7.92. The fraction of sp³-hybridized carbons (Fsp3) is 0.609. The molecule has 0 atom stereocenters. The number of piperidine rings is 1. The third-order valence-corrected chi connectivity index (χ3v) is 7.75. The molecular formula is C23H32F3N7O3S. The van der Waals surface area contributed by atoms with E-state index in [1.165, 1.54) is 18.3 Å². The summed E-state index contributed by atoms with van der Waals surface area (Å²) in [5.41, 5.74) is -0.415. The minimum Gasteiger partial charge on any atom is -0.356 e. The number of carbonyl (C=O) groups is 1. The van der Waals surface area contributed by atoms with Crippen molar-refractivity contribution in [2.45, 2.75) is 50.9 Å². The van der Waals surface area contributed by atoms with Crippen molar-refractivity contribution in [2.24, 2.45) is 0 Å². The number of pyridine rings is 1. The average Bonchev–Trinajstić information content (AvgIpc) is 3.50. The Hall–Kier alpha value is -2.87. The highest BCUT2D eigenvalue weighted by atomic mass is 32.2. The lowest BCUT2D eigenvalue weighted by molar-refractivity contribution is -0.141. The molecule has 10 nitrogen and oxygen atoms in total. The average molecular weight is 544 g/mol. The van der Waals surface area contributed by atoms with Crippen molar-refractivity contribution < 1.29 is 26.4 Å². The van der Waals surface area contributed by atoms with E-state index in [2.05, 4.69) is 26.6 Å². The van der Waals surface area contributed by atoms with Crippen LogP contribution in [0.15, 0.2) is 24.4 Å². The predicted molar refractivity (Wildman–Crippen MR) is 133 cm³/mol. The van der Waals surface area contributed by atoms with E-state index in [0.29, 0.717) is 51.4 Å².